The van der Waals surface area contributed by atoms with Gasteiger partial charge in [0.2, 0.25) is 0 Å². The maximum absolute atomic E-state index is 12.4. The van der Waals surface area contributed by atoms with Gasteiger partial charge in [-0.3, -0.25) is 14.6 Å². The Balaban J connectivity index is 1.50. The number of fused-ring (bicyclic) bond motifs is 2. The van der Waals surface area contributed by atoms with Crippen molar-refractivity contribution in [3.8, 4) is 0 Å². The maximum atomic E-state index is 12.4. The van der Waals surface area contributed by atoms with Gasteiger partial charge < -0.3 is 5.32 Å². The summed E-state index contributed by atoms with van der Waals surface area (Å²) in [7, 11) is 0. The molecule has 0 aliphatic carbocycles. The van der Waals surface area contributed by atoms with E-state index in [0.717, 1.165) is 10.8 Å². The molecule has 4 aromatic rings. The van der Waals surface area contributed by atoms with Crippen LogP contribution in [0.4, 0.5) is 0 Å². The number of pyridine rings is 1. The fraction of sp³-hybridized carbons (Fsp3) is 0.105. The predicted octanol–water partition coefficient (Wildman–Crippen LogP) is 1.77. The third kappa shape index (κ3) is 2.90. The number of aromatic nitrogens is 4. The van der Waals surface area contributed by atoms with Crippen molar-refractivity contribution >= 4 is 27.6 Å². The molecule has 0 fully saturated rings. The van der Waals surface area contributed by atoms with E-state index in [1.54, 1.807) is 30.5 Å². The van der Waals surface area contributed by atoms with Gasteiger partial charge in [-0.1, -0.05) is 41.6 Å². The van der Waals surface area contributed by atoms with Crippen molar-refractivity contribution in [2.24, 2.45) is 0 Å². The highest BCUT2D eigenvalue weighted by atomic mass is 16.2. The molecule has 7 nitrogen and oxygen atoms in total. The second kappa shape index (κ2) is 6.72. The van der Waals surface area contributed by atoms with Crippen molar-refractivity contribution in [2.75, 3.05) is 6.54 Å². The van der Waals surface area contributed by atoms with E-state index in [1.165, 1.54) is 4.68 Å². The molecule has 0 saturated carbocycles. The number of carbonyl (C=O) groups excluding carboxylic acids is 1. The van der Waals surface area contributed by atoms with Gasteiger partial charge in [-0.2, -0.15) is 0 Å². The van der Waals surface area contributed by atoms with E-state index in [0.29, 0.717) is 16.6 Å². The normalized spacial score (nSPS) is 10.9. The Kier molecular flexibility index (Phi) is 4.10. The lowest BCUT2D eigenvalue weighted by Crippen LogP contribution is -2.33. The zero-order valence-electron chi connectivity index (χ0n) is 13.8. The number of rotatable bonds is 4. The number of carbonyl (C=O) groups is 1. The molecule has 0 aliphatic heterocycles. The molecular weight excluding hydrogens is 330 g/mol. The Labute approximate surface area is 148 Å². The van der Waals surface area contributed by atoms with E-state index in [1.807, 2.05) is 30.3 Å². The van der Waals surface area contributed by atoms with Crippen molar-refractivity contribution in [3.05, 3.63) is 76.8 Å². The molecule has 7 heteroatoms. The molecule has 1 N–H and O–H groups in total. The van der Waals surface area contributed by atoms with Crippen LogP contribution in [0, 0.1) is 0 Å². The van der Waals surface area contributed by atoms with Crippen LogP contribution in [0.5, 0.6) is 0 Å². The van der Waals surface area contributed by atoms with Crippen LogP contribution in [0.1, 0.15) is 10.5 Å². The van der Waals surface area contributed by atoms with Crippen LogP contribution in [0.3, 0.4) is 0 Å². The minimum Gasteiger partial charge on any atom is -0.349 e. The quantitative estimate of drug-likeness (QED) is 0.609. The number of benzene rings is 2. The minimum absolute atomic E-state index is 0.229. The summed E-state index contributed by atoms with van der Waals surface area (Å²) in [5.41, 5.74) is 0.686. The van der Waals surface area contributed by atoms with E-state index in [2.05, 4.69) is 20.6 Å². The lowest BCUT2D eigenvalue weighted by molar-refractivity contribution is 0.0948. The minimum atomic E-state index is -0.288. The Morgan fingerprint density at radius 1 is 1.00 bits per heavy atom. The summed E-state index contributed by atoms with van der Waals surface area (Å²) in [4.78, 5) is 29.0. The lowest BCUT2D eigenvalue weighted by atomic mass is 10.1. The smallest absolute Gasteiger partial charge is 0.277 e. The molecule has 2 heterocycles. The summed E-state index contributed by atoms with van der Waals surface area (Å²) in [6, 6.07) is 16.5. The highest BCUT2D eigenvalue weighted by molar-refractivity contribution is 6.05. The van der Waals surface area contributed by atoms with E-state index >= 15 is 0 Å². The van der Waals surface area contributed by atoms with Gasteiger partial charge in [-0.05, 0) is 23.6 Å². The lowest BCUT2D eigenvalue weighted by Gasteiger charge is -2.08. The summed E-state index contributed by atoms with van der Waals surface area (Å²) >= 11 is 0. The standard InChI is InChI=1S/C19H15N5O2/c25-18(17-14-6-2-1-5-13(14)9-10-20-17)21-11-12-24-19(26)15-7-3-4-8-16(15)22-23-24/h1-10H,11-12H2,(H,21,25). The Hall–Kier alpha value is -3.61. The second-order valence-electron chi connectivity index (χ2n) is 5.77. The average Bonchev–Trinajstić information content (AvgIpc) is 2.69. The molecule has 0 bridgehead atoms. The van der Waals surface area contributed by atoms with E-state index < -0.39 is 0 Å². The summed E-state index contributed by atoms with van der Waals surface area (Å²) in [6.45, 7) is 0.476. The van der Waals surface area contributed by atoms with Crippen LogP contribution in [0.2, 0.25) is 0 Å². The number of hydrogen-bond donors (Lipinski definition) is 1. The summed E-state index contributed by atoms with van der Waals surface area (Å²) in [6.07, 6.45) is 1.61. The van der Waals surface area contributed by atoms with Gasteiger partial charge in [0, 0.05) is 18.1 Å². The molecule has 0 aliphatic rings. The van der Waals surface area contributed by atoms with Gasteiger partial charge in [0.25, 0.3) is 11.5 Å². The Bertz CT molecular complexity index is 1160. The fourth-order valence-corrected chi connectivity index (χ4v) is 2.83. The molecule has 0 radical (unpaired) electrons. The Morgan fingerprint density at radius 3 is 2.65 bits per heavy atom. The van der Waals surface area contributed by atoms with Crippen LogP contribution < -0.4 is 10.9 Å². The first-order valence-electron chi connectivity index (χ1n) is 8.18. The number of hydrogen-bond acceptors (Lipinski definition) is 5. The zero-order chi connectivity index (χ0) is 17.9. The predicted molar refractivity (Wildman–Crippen MR) is 97.9 cm³/mol. The van der Waals surface area contributed by atoms with E-state index in [9.17, 15) is 9.59 Å². The van der Waals surface area contributed by atoms with Crippen molar-refractivity contribution in [1.82, 2.24) is 25.3 Å². The third-order valence-electron chi connectivity index (χ3n) is 4.13. The van der Waals surface area contributed by atoms with Crippen molar-refractivity contribution in [3.63, 3.8) is 0 Å². The van der Waals surface area contributed by atoms with Crippen molar-refractivity contribution in [2.45, 2.75) is 6.54 Å². The third-order valence-corrected chi connectivity index (χ3v) is 4.13. The van der Waals surface area contributed by atoms with Crippen LogP contribution in [-0.2, 0) is 6.54 Å². The van der Waals surface area contributed by atoms with Crippen molar-refractivity contribution < 1.29 is 4.79 Å². The molecule has 0 spiro atoms. The van der Waals surface area contributed by atoms with Gasteiger partial charge in [-0.25, -0.2) is 4.68 Å². The first-order chi connectivity index (χ1) is 12.7. The fourth-order valence-electron chi connectivity index (χ4n) is 2.83. The van der Waals surface area contributed by atoms with Crippen LogP contribution in [-0.4, -0.2) is 32.4 Å². The molecule has 1 amide bonds. The average molecular weight is 345 g/mol. The van der Waals surface area contributed by atoms with E-state index in [4.69, 9.17) is 0 Å². The number of amides is 1. The van der Waals surface area contributed by atoms with Crippen LogP contribution in [0.15, 0.2) is 65.6 Å². The molecule has 2 aromatic carbocycles. The number of nitrogens with one attached hydrogen (secondary N) is 1. The molecule has 4 rings (SSSR count). The van der Waals surface area contributed by atoms with Gasteiger partial charge in [0.15, 0.2) is 0 Å². The summed E-state index contributed by atoms with van der Waals surface area (Å²) in [5.74, 6) is -0.288. The molecule has 0 atom stereocenters. The monoisotopic (exact) mass is 345 g/mol. The molecule has 0 saturated heterocycles. The van der Waals surface area contributed by atoms with Gasteiger partial charge in [-0.15, -0.1) is 5.10 Å². The molecule has 0 unspecified atom stereocenters. The molecular formula is C19H15N5O2. The summed E-state index contributed by atoms with van der Waals surface area (Å²) < 4.78 is 1.25. The highest BCUT2D eigenvalue weighted by Crippen LogP contribution is 2.15. The molecule has 26 heavy (non-hydrogen) atoms. The van der Waals surface area contributed by atoms with Gasteiger partial charge >= 0.3 is 0 Å². The molecule has 2 aromatic heterocycles. The second-order valence-corrected chi connectivity index (χ2v) is 5.77. The maximum Gasteiger partial charge on any atom is 0.277 e. The Morgan fingerprint density at radius 2 is 1.77 bits per heavy atom. The topological polar surface area (TPSA) is 89.8 Å². The summed E-state index contributed by atoms with van der Waals surface area (Å²) in [5, 5.41) is 13.0. The number of nitrogens with zero attached hydrogens (tertiary/aromatic N) is 4. The first-order valence-corrected chi connectivity index (χ1v) is 8.18. The van der Waals surface area contributed by atoms with Gasteiger partial charge in [0.1, 0.15) is 11.2 Å². The highest BCUT2D eigenvalue weighted by Gasteiger charge is 2.11. The van der Waals surface area contributed by atoms with Crippen molar-refractivity contribution in [1.29, 1.82) is 0 Å². The SMILES string of the molecule is O=C(NCCn1nnc2ccccc2c1=O)c1nccc2ccccc12. The van der Waals surface area contributed by atoms with Crippen LogP contribution in [0.25, 0.3) is 21.7 Å². The van der Waals surface area contributed by atoms with Crippen LogP contribution >= 0.6 is 0 Å². The van der Waals surface area contributed by atoms with Gasteiger partial charge in [0.05, 0.1) is 11.9 Å². The molecule has 128 valence electrons. The first kappa shape index (κ1) is 15.9. The largest absolute Gasteiger partial charge is 0.349 e. The zero-order valence-corrected chi connectivity index (χ0v) is 13.8. The van der Waals surface area contributed by atoms with E-state index in [-0.39, 0.29) is 24.6 Å².